The van der Waals surface area contributed by atoms with Crippen LogP contribution in [0.15, 0.2) is 11.2 Å². The summed E-state index contributed by atoms with van der Waals surface area (Å²) >= 11 is 0. The van der Waals surface area contributed by atoms with E-state index in [0.29, 0.717) is 12.1 Å². The van der Waals surface area contributed by atoms with Gasteiger partial charge in [0.1, 0.15) is 0 Å². The lowest BCUT2D eigenvalue weighted by atomic mass is 10.0. The van der Waals surface area contributed by atoms with Crippen molar-refractivity contribution in [2.24, 2.45) is 4.99 Å². The maximum atomic E-state index is 4.74. The summed E-state index contributed by atoms with van der Waals surface area (Å²) in [7, 11) is 0. The molecule has 1 aromatic heterocycles. The van der Waals surface area contributed by atoms with Gasteiger partial charge in [-0.25, -0.2) is 0 Å². The molecule has 0 saturated carbocycles. The Balaban J connectivity index is 1.75. The molecule has 6 heteroatoms. The van der Waals surface area contributed by atoms with Gasteiger partial charge in [-0.3, -0.25) is 10.1 Å². The highest BCUT2D eigenvalue weighted by Gasteiger charge is 2.21. The van der Waals surface area contributed by atoms with Crippen molar-refractivity contribution in [3.8, 4) is 0 Å². The molecule has 3 N–H and O–H groups in total. The fraction of sp³-hybridized carbons (Fsp3) is 0.778. The van der Waals surface area contributed by atoms with Gasteiger partial charge in [-0.2, -0.15) is 5.10 Å². The number of aromatic amines is 1. The van der Waals surface area contributed by atoms with E-state index in [1.54, 1.807) is 0 Å². The van der Waals surface area contributed by atoms with Crippen molar-refractivity contribution in [2.45, 2.75) is 65.5 Å². The number of hydrogen-bond acceptors (Lipinski definition) is 3. The van der Waals surface area contributed by atoms with Gasteiger partial charge in [0.2, 0.25) is 0 Å². The first-order valence-electron chi connectivity index (χ1n) is 9.38. The van der Waals surface area contributed by atoms with Crippen LogP contribution in [0, 0.1) is 6.92 Å². The summed E-state index contributed by atoms with van der Waals surface area (Å²) in [5.41, 5.74) is 2.46. The van der Waals surface area contributed by atoms with Gasteiger partial charge in [0.15, 0.2) is 5.96 Å². The molecule has 0 amide bonds. The third-order valence-electron chi connectivity index (χ3n) is 4.75. The molecule has 0 aliphatic carbocycles. The molecule has 1 aliphatic heterocycles. The highest BCUT2D eigenvalue weighted by molar-refractivity contribution is 5.80. The van der Waals surface area contributed by atoms with E-state index in [-0.39, 0.29) is 0 Å². The summed E-state index contributed by atoms with van der Waals surface area (Å²) in [6.07, 6.45) is 6.37. The van der Waals surface area contributed by atoms with Crippen LogP contribution in [0.2, 0.25) is 0 Å². The molecule has 6 nitrogen and oxygen atoms in total. The molecule has 24 heavy (non-hydrogen) atoms. The average molecular weight is 335 g/mol. The smallest absolute Gasteiger partial charge is 0.191 e. The van der Waals surface area contributed by atoms with Crippen LogP contribution in [0.3, 0.4) is 0 Å². The molecule has 0 radical (unpaired) electrons. The number of nitrogens with one attached hydrogen (secondary N) is 3. The van der Waals surface area contributed by atoms with E-state index in [4.69, 9.17) is 4.99 Å². The molecule has 0 aromatic carbocycles. The van der Waals surface area contributed by atoms with Crippen LogP contribution < -0.4 is 10.6 Å². The molecule has 2 rings (SSSR count). The normalized spacial score (nSPS) is 17.5. The first kappa shape index (κ1) is 18.8. The van der Waals surface area contributed by atoms with Gasteiger partial charge in [0, 0.05) is 44.0 Å². The van der Waals surface area contributed by atoms with Crippen LogP contribution in [0.25, 0.3) is 0 Å². The maximum absolute atomic E-state index is 4.74. The molecule has 0 spiro atoms. The van der Waals surface area contributed by atoms with E-state index >= 15 is 0 Å². The summed E-state index contributed by atoms with van der Waals surface area (Å²) in [5.74, 6) is 0.962. The predicted octanol–water partition coefficient (Wildman–Crippen LogP) is 2.08. The van der Waals surface area contributed by atoms with E-state index in [0.717, 1.165) is 31.9 Å². The number of rotatable bonds is 7. The molecule has 0 atom stereocenters. The lowest BCUT2D eigenvalue weighted by molar-refractivity contribution is 0.167. The van der Waals surface area contributed by atoms with Gasteiger partial charge in [-0.05, 0) is 58.9 Å². The number of likely N-dealkylation sites (tertiary alicyclic amines) is 1. The van der Waals surface area contributed by atoms with Crippen LogP contribution in [0.5, 0.6) is 0 Å². The molecule has 136 valence electrons. The van der Waals surface area contributed by atoms with Gasteiger partial charge < -0.3 is 15.5 Å². The predicted molar refractivity (Wildman–Crippen MR) is 100 cm³/mol. The topological polar surface area (TPSA) is 68.3 Å². The average Bonchev–Trinajstić information content (AvgIpc) is 2.97. The minimum Gasteiger partial charge on any atom is -0.357 e. The number of H-pyrrole nitrogens is 1. The van der Waals surface area contributed by atoms with Gasteiger partial charge in [0.25, 0.3) is 0 Å². The summed E-state index contributed by atoms with van der Waals surface area (Å²) in [5, 5.41) is 14.1. The zero-order valence-electron chi connectivity index (χ0n) is 15.7. The molecule has 2 heterocycles. The third kappa shape index (κ3) is 5.82. The molecule has 1 aromatic rings. The number of nitrogens with zero attached hydrogens (tertiary/aromatic N) is 3. The van der Waals surface area contributed by atoms with Crippen LogP contribution in [0.1, 0.15) is 51.3 Å². The largest absolute Gasteiger partial charge is 0.357 e. The number of aryl methyl sites for hydroxylation is 2. The van der Waals surface area contributed by atoms with Crippen LogP contribution in [-0.2, 0) is 6.42 Å². The second-order valence-electron chi connectivity index (χ2n) is 6.93. The van der Waals surface area contributed by atoms with E-state index < -0.39 is 0 Å². The van der Waals surface area contributed by atoms with Crippen molar-refractivity contribution in [2.75, 3.05) is 26.2 Å². The molecular weight excluding hydrogens is 300 g/mol. The maximum Gasteiger partial charge on any atom is 0.191 e. The molecular formula is C18H34N6. The number of hydrogen-bond donors (Lipinski definition) is 3. The van der Waals surface area contributed by atoms with Crippen LogP contribution in [-0.4, -0.2) is 59.3 Å². The SMILES string of the molecule is CCNC(=NCCCc1cn[nH]c1C)NC1CCN(C(C)C)CC1. The highest BCUT2D eigenvalue weighted by Crippen LogP contribution is 2.12. The van der Waals surface area contributed by atoms with E-state index in [2.05, 4.69) is 53.4 Å². The second kappa shape index (κ2) is 9.67. The third-order valence-corrected chi connectivity index (χ3v) is 4.75. The van der Waals surface area contributed by atoms with Crippen LogP contribution in [0.4, 0.5) is 0 Å². The first-order chi connectivity index (χ1) is 11.6. The fourth-order valence-corrected chi connectivity index (χ4v) is 3.16. The van der Waals surface area contributed by atoms with Gasteiger partial charge in [0.05, 0.1) is 6.20 Å². The molecule has 0 unspecified atom stereocenters. The summed E-state index contributed by atoms with van der Waals surface area (Å²) in [6, 6.07) is 1.19. The number of piperidine rings is 1. The van der Waals surface area contributed by atoms with Crippen molar-refractivity contribution >= 4 is 5.96 Å². The second-order valence-corrected chi connectivity index (χ2v) is 6.93. The van der Waals surface area contributed by atoms with Crippen molar-refractivity contribution in [1.29, 1.82) is 0 Å². The lowest BCUT2D eigenvalue weighted by Gasteiger charge is -2.35. The van der Waals surface area contributed by atoms with Crippen molar-refractivity contribution in [3.63, 3.8) is 0 Å². The molecule has 1 saturated heterocycles. The Bertz CT molecular complexity index is 499. The number of guanidine groups is 1. The Morgan fingerprint density at radius 2 is 2.17 bits per heavy atom. The molecule has 1 aliphatic rings. The zero-order chi connectivity index (χ0) is 17.4. The Morgan fingerprint density at radius 1 is 1.42 bits per heavy atom. The Labute approximate surface area is 146 Å². The highest BCUT2D eigenvalue weighted by atomic mass is 15.2. The van der Waals surface area contributed by atoms with Crippen molar-refractivity contribution in [1.82, 2.24) is 25.7 Å². The fourth-order valence-electron chi connectivity index (χ4n) is 3.16. The van der Waals surface area contributed by atoms with E-state index in [1.165, 1.54) is 37.2 Å². The minimum atomic E-state index is 0.536. The molecule has 1 fully saturated rings. The van der Waals surface area contributed by atoms with E-state index in [1.807, 2.05) is 6.20 Å². The summed E-state index contributed by atoms with van der Waals surface area (Å²) < 4.78 is 0. The quantitative estimate of drug-likeness (QED) is 0.406. The van der Waals surface area contributed by atoms with Gasteiger partial charge in [-0.15, -0.1) is 0 Å². The van der Waals surface area contributed by atoms with Crippen molar-refractivity contribution in [3.05, 3.63) is 17.5 Å². The van der Waals surface area contributed by atoms with Crippen molar-refractivity contribution < 1.29 is 0 Å². The first-order valence-corrected chi connectivity index (χ1v) is 9.38. The summed E-state index contributed by atoms with van der Waals surface area (Å²) in [4.78, 5) is 7.29. The minimum absolute atomic E-state index is 0.536. The zero-order valence-corrected chi connectivity index (χ0v) is 15.7. The van der Waals surface area contributed by atoms with E-state index in [9.17, 15) is 0 Å². The standard InChI is InChI=1S/C18H34N6/c1-5-19-18(20-10-6-7-16-13-21-23-15(16)4)22-17-8-11-24(12-9-17)14(2)3/h13-14,17H,5-12H2,1-4H3,(H,21,23)(H2,19,20,22). The van der Waals surface area contributed by atoms with Crippen LogP contribution >= 0.6 is 0 Å². The lowest BCUT2D eigenvalue weighted by Crippen LogP contribution is -2.49. The Kier molecular flexibility index (Phi) is 7.56. The Hall–Kier alpha value is -1.56. The molecule has 0 bridgehead atoms. The summed E-state index contributed by atoms with van der Waals surface area (Å²) in [6.45, 7) is 12.8. The number of aliphatic imine (C=N–C) groups is 1. The Morgan fingerprint density at radius 3 is 2.75 bits per heavy atom. The van der Waals surface area contributed by atoms with Gasteiger partial charge >= 0.3 is 0 Å². The monoisotopic (exact) mass is 334 g/mol. The number of aromatic nitrogens is 2. The van der Waals surface area contributed by atoms with Gasteiger partial charge in [-0.1, -0.05) is 0 Å².